The van der Waals surface area contributed by atoms with Crippen LogP contribution in [0.1, 0.15) is 38.5 Å². The highest BCUT2D eigenvalue weighted by atomic mass is 16.2. The molecule has 3 rings (SSSR count). The van der Waals surface area contributed by atoms with Crippen LogP contribution < -0.4 is 5.73 Å². The Labute approximate surface area is 103 Å². The number of hydrogen-bond donors (Lipinski definition) is 1. The van der Waals surface area contributed by atoms with Crippen molar-refractivity contribution in [2.45, 2.75) is 50.1 Å². The molecule has 2 aliphatic heterocycles. The highest BCUT2D eigenvalue weighted by molar-refractivity contribution is 5.89. The van der Waals surface area contributed by atoms with Crippen molar-refractivity contribution < 1.29 is 4.79 Å². The van der Waals surface area contributed by atoms with Crippen molar-refractivity contribution in [3.05, 3.63) is 0 Å². The molecule has 96 valence electrons. The van der Waals surface area contributed by atoms with E-state index in [2.05, 4.69) is 4.90 Å². The third-order valence-corrected chi connectivity index (χ3v) is 4.57. The first kappa shape index (κ1) is 11.5. The number of piperidine rings is 1. The molecule has 0 spiro atoms. The first-order valence-electron chi connectivity index (χ1n) is 7.01. The molecule has 1 amide bonds. The third-order valence-electron chi connectivity index (χ3n) is 4.57. The lowest BCUT2D eigenvalue weighted by Crippen LogP contribution is -2.47. The lowest BCUT2D eigenvalue weighted by Gasteiger charge is -2.32. The summed E-state index contributed by atoms with van der Waals surface area (Å²) in [6, 6.07) is 0.599. The van der Waals surface area contributed by atoms with E-state index in [1.165, 1.54) is 32.4 Å². The SMILES string of the molecule is NC1(C(=O)N2CCC(N3CCCCC3)C2)CC1. The zero-order valence-electron chi connectivity index (χ0n) is 10.5. The normalized spacial score (nSPS) is 32.8. The maximum Gasteiger partial charge on any atom is 0.242 e. The molecule has 17 heavy (non-hydrogen) atoms. The quantitative estimate of drug-likeness (QED) is 0.763. The standard InChI is InChI=1S/C13H23N3O/c14-13(5-6-13)12(17)16-9-4-11(10-16)15-7-2-1-3-8-15/h11H,1-10,14H2. The third kappa shape index (κ3) is 2.20. The van der Waals surface area contributed by atoms with E-state index in [1.807, 2.05) is 4.90 Å². The van der Waals surface area contributed by atoms with Gasteiger partial charge in [-0.25, -0.2) is 0 Å². The maximum absolute atomic E-state index is 12.1. The number of rotatable bonds is 2. The van der Waals surface area contributed by atoms with E-state index in [1.54, 1.807) is 0 Å². The van der Waals surface area contributed by atoms with Gasteiger partial charge in [-0.1, -0.05) is 6.42 Å². The number of carbonyl (C=O) groups is 1. The molecule has 3 aliphatic rings. The number of nitrogens with zero attached hydrogens (tertiary/aromatic N) is 2. The molecular formula is C13H23N3O. The number of likely N-dealkylation sites (tertiary alicyclic amines) is 2. The van der Waals surface area contributed by atoms with Crippen LogP contribution in [-0.4, -0.2) is 53.5 Å². The van der Waals surface area contributed by atoms with Crippen molar-refractivity contribution >= 4 is 5.91 Å². The Bertz CT molecular complexity index is 308. The van der Waals surface area contributed by atoms with Crippen molar-refractivity contribution in [1.29, 1.82) is 0 Å². The van der Waals surface area contributed by atoms with Crippen molar-refractivity contribution in [2.24, 2.45) is 5.73 Å². The maximum atomic E-state index is 12.1. The van der Waals surface area contributed by atoms with Gasteiger partial charge < -0.3 is 10.6 Å². The van der Waals surface area contributed by atoms with Crippen LogP contribution in [0, 0.1) is 0 Å². The molecule has 0 aromatic rings. The van der Waals surface area contributed by atoms with E-state index in [9.17, 15) is 4.79 Å². The molecule has 0 radical (unpaired) electrons. The van der Waals surface area contributed by atoms with Crippen LogP contribution in [0.4, 0.5) is 0 Å². The summed E-state index contributed by atoms with van der Waals surface area (Å²) in [5.74, 6) is 0.206. The molecule has 0 aromatic carbocycles. The summed E-state index contributed by atoms with van der Waals surface area (Å²) in [6.07, 6.45) is 6.93. The van der Waals surface area contributed by atoms with Gasteiger partial charge in [-0.3, -0.25) is 9.69 Å². The fourth-order valence-electron chi connectivity index (χ4n) is 3.17. The van der Waals surface area contributed by atoms with E-state index < -0.39 is 5.54 Å². The second-order valence-electron chi connectivity index (χ2n) is 5.95. The molecule has 0 bridgehead atoms. The summed E-state index contributed by atoms with van der Waals surface area (Å²) in [4.78, 5) is 16.7. The largest absolute Gasteiger partial charge is 0.339 e. The molecular weight excluding hydrogens is 214 g/mol. The van der Waals surface area contributed by atoms with Gasteiger partial charge in [-0.05, 0) is 45.2 Å². The molecule has 2 heterocycles. The fourth-order valence-corrected chi connectivity index (χ4v) is 3.17. The van der Waals surface area contributed by atoms with Crippen molar-refractivity contribution in [1.82, 2.24) is 9.80 Å². The van der Waals surface area contributed by atoms with E-state index in [-0.39, 0.29) is 5.91 Å². The van der Waals surface area contributed by atoms with Gasteiger partial charge in [0.05, 0.1) is 5.54 Å². The summed E-state index contributed by atoms with van der Waals surface area (Å²) in [7, 11) is 0. The molecule has 1 aliphatic carbocycles. The van der Waals surface area contributed by atoms with Crippen LogP contribution in [0.5, 0.6) is 0 Å². The second kappa shape index (κ2) is 4.25. The zero-order valence-corrected chi connectivity index (χ0v) is 10.5. The van der Waals surface area contributed by atoms with E-state index >= 15 is 0 Å². The average molecular weight is 237 g/mol. The van der Waals surface area contributed by atoms with Gasteiger partial charge >= 0.3 is 0 Å². The second-order valence-corrected chi connectivity index (χ2v) is 5.95. The van der Waals surface area contributed by atoms with Gasteiger partial charge in [0.15, 0.2) is 0 Å². The Morgan fingerprint density at radius 1 is 1.12 bits per heavy atom. The minimum Gasteiger partial charge on any atom is -0.339 e. The van der Waals surface area contributed by atoms with Gasteiger partial charge in [0.1, 0.15) is 0 Å². The van der Waals surface area contributed by atoms with Gasteiger partial charge in [-0.2, -0.15) is 0 Å². The van der Waals surface area contributed by atoms with Gasteiger partial charge in [0.2, 0.25) is 5.91 Å². The predicted octanol–water partition coefficient (Wildman–Crippen LogP) is 0.564. The van der Waals surface area contributed by atoms with E-state index in [0.29, 0.717) is 6.04 Å². The highest BCUT2D eigenvalue weighted by Crippen LogP contribution is 2.35. The summed E-state index contributed by atoms with van der Waals surface area (Å²) in [5.41, 5.74) is 5.51. The van der Waals surface area contributed by atoms with Crippen molar-refractivity contribution in [3.63, 3.8) is 0 Å². The Hall–Kier alpha value is -0.610. The first-order valence-corrected chi connectivity index (χ1v) is 7.01. The summed E-state index contributed by atoms with van der Waals surface area (Å²) >= 11 is 0. The molecule has 1 atom stereocenters. The minimum atomic E-state index is -0.475. The Balaban J connectivity index is 1.56. The van der Waals surface area contributed by atoms with E-state index in [4.69, 9.17) is 5.73 Å². The van der Waals surface area contributed by atoms with Crippen LogP contribution in [0.3, 0.4) is 0 Å². The Morgan fingerprint density at radius 2 is 1.82 bits per heavy atom. The lowest BCUT2D eigenvalue weighted by atomic mass is 10.1. The molecule has 2 N–H and O–H groups in total. The summed E-state index contributed by atoms with van der Waals surface area (Å²) in [5, 5.41) is 0. The molecule has 1 unspecified atom stereocenters. The smallest absolute Gasteiger partial charge is 0.242 e. The van der Waals surface area contributed by atoms with Gasteiger partial charge in [-0.15, -0.1) is 0 Å². The molecule has 2 saturated heterocycles. The average Bonchev–Trinajstić information content (AvgIpc) is 2.95. The van der Waals surface area contributed by atoms with Crippen LogP contribution in [0.15, 0.2) is 0 Å². The van der Waals surface area contributed by atoms with Crippen molar-refractivity contribution in [3.8, 4) is 0 Å². The van der Waals surface area contributed by atoms with Gasteiger partial charge in [0.25, 0.3) is 0 Å². The number of nitrogens with two attached hydrogens (primary N) is 1. The van der Waals surface area contributed by atoms with E-state index in [0.717, 1.165) is 32.4 Å². The van der Waals surface area contributed by atoms with Crippen LogP contribution in [0.25, 0.3) is 0 Å². The highest BCUT2D eigenvalue weighted by Gasteiger charge is 2.49. The Morgan fingerprint density at radius 3 is 2.47 bits per heavy atom. The van der Waals surface area contributed by atoms with Crippen LogP contribution >= 0.6 is 0 Å². The van der Waals surface area contributed by atoms with Crippen molar-refractivity contribution in [2.75, 3.05) is 26.2 Å². The molecule has 4 heteroatoms. The monoisotopic (exact) mass is 237 g/mol. The topological polar surface area (TPSA) is 49.6 Å². The van der Waals surface area contributed by atoms with Gasteiger partial charge in [0, 0.05) is 19.1 Å². The van der Waals surface area contributed by atoms with Crippen LogP contribution in [0.2, 0.25) is 0 Å². The Kier molecular flexibility index (Phi) is 2.87. The van der Waals surface area contributed by atoms with Crippen LogP contribution in [-0.2, 0) is 4.79 Å². The molecule has 3 fully saturated rings. The lowest BCUT2D eigenvalue weighted by molar-refractivity contribution is -0.132. The molecule has 0 aromatic heterocycles. The molecule has 1 saturated carbocycles. The number of carbonyl (C=O) groups excluding carboxylic acids is 1. The fraction of sp³-hybridized carbons (Fsp3) is 0.923. The summed E-state index contributed by atoms with van der Waals surface area (Å²) in [6.45, 7) is 4.28. The number of hydrogen-bond acceptors (Lipinski definition) is 3. The zero-order chi connectivity index (χ0) is 11.9. The first-order chi connectivity index (χ1) is 8.19. The summed E-state index contributed by atoms with van der Waals surface area (Å²) < 4.78 is 0. The molecule has 4 nitrogen and oxygen atoms in total. The number of amides is 1. The minimum absolute atomic E-state index is 0.206. The predicted molar refractivity (Wildman–Crippen MR) is 66.6 cm³/mol.